The zero-order chi connectivity index (χ0) is 13.2. The van der Waals surface area contributed by atoms with Gasteiger partial charge in [0.05, 0.1) is 0 Å². The number of rotatable bonds is 9. The predicted octanol–water partition coefficient (Wildman–Crippen LogP) is 5.55. The van der Waals surface area contributed by atoms with E-state index in [0.29, 0.717) is 11.0 Å². The smallest absolute Gasteiger partial charge is 0.119 e. The molecule has 102 valence electrons. The zero-order valence-corrected chi connectivity index (χ0v) is 12.5. The molecule has 1 unspecified atom stereocenters. The highest BCUT2D eigenvalue weighted by Crippen LogP contribution is 2.37. The number of para-hydroxylation sites is 1. The lowest BCUT2D eigenvalue weighted by Gasteiger charge is -2.16. The number of hydrogen-bond donors (Lipinski definition) is 1. The number of thioether (sulfide) groups is 1. The van der Waals surface area contributed by atoms with Crippen LogP contribution in [0.1, 0.15) is 63.2 Å². The maximum absolute atomic E-state index is 9.87. The van der Waals surface area contributed by atoms with Crippen LogP contribution in [0.2, 0.25) is 0 Å². The van der Waals surface area contributed by atoms with Gasteiger partial charge in [-0.15, -0.1) is 0 Å². The first-order chi connectivity index (χ1) is 8.79. The van der Waals surface area contributed by atoms with Gasteiger partial charge >= 0.3 is 0 Å². The van der Waals surface area contributed by atoms with Crippen molar-refractivity contribution in [2.75, 3.05) is 5.75 Å². The van der Waals surface area contributed by atoms with Crippen molar-refractivity contribution in [3.63, 3.8) is 0 Å². The number of unbranched alkanes of at least 4 members (excludes halogenated alkanes) is 4. The summed E-state index contributed by atoms with van der Waals surface area (Å²) in [6.45, 7) is 4.45. The van der Waals surface area contributed by atoms with Crippen LogP contribution in [-0.2, 0) is 0 Å². The lowest BCUT2D eigenvalue weighted by Crippen LogP contribution is -1.95. The number of phenols is 1. The summed E-state index contributed by atoms with van der Waals surface area (Å²) in [6, 6.07) is 7.74. The summed E-state index contributed by atoms with van der Waals surface area (Å²) in [5.41, 5.74) is 1.10. The highest BCUT2D eigenvalue weighted by molar-refractivity contribution is 7.99. The number of aromatic hydroxyl groups is 1. The minimum Gasteiger partial charge on any atom is -0.508 e. The number of benzene rings is 1. The largest absolute Gasteiger partial charge is 0.508 e. The van der Waals surface area contributed by atoms with Crippen LogP contribution in [0.3, 0.4) is 0 Å². The maximum atomic E-state index is 9.87. The number of phenolic OH excluding ortho intramolecular Hbond substituents is 1. The van der Waals surface area contributed by atoms with Crippen LogP contribution in [0, 0.1) is 0 Å². The molecule has 0 saturated carbocycles. The second kappa shape index (κ2) is 9.32. The third-order valence-electron chi connectivity index (χ3n) is 3.22. The molecule has 0 bridgehead atoms. The summed E-state index contributed by atoms with van der Waals surface area (Å²) >= 11 is 1.99. The van der Waals surface area contributed by atoms with Crippen molar-refractivity contribution in [3.05, 3.63) is 29.8 Å². The lowest BCUT2D eigenvalue weighted by molar-refractivity contribution is 0.467. The van der Waals surface area contributed by atoms with Gasteiger partial charge in [-0.1, -0.05) is 57.7 Å². The SMILES string of the molecule is CCCCCCCSC(CC)c1ccccc1O. The topological polar surface area (TPSA) is 20.2 Å². The maximum Gasteiger partial charge on any atom is 0.119 e. The summed E-state index contributed by atoms with van der Waals surface area (Å²) in [7, 11) is 0. The number of hydrogen-bond acceptors (Lipinski definition) is 2. The first kappa shape index (κ1) is 15.4. The Morgan fingerprint density at radius 2 is 1.78 bits per heavy atom. The highest BCUT2D eigenvalue weighted by atomic mass is 32.2. The van der Waals surface area contributed by atoms with Gasteiger partial charge in [0.25, 0.3) is 0 Å². The first-order valence-electron chi connectivity index (χ1n) is 7.19. The molecule has 18 heavy (non-hydrogen) atoms. The van der Waals surface area contributed by atoms with Crippen molar-refractivity contribution in [3.8, 4) is 5.75 Å². The summed E-state index contributed by atoms with van der Waals surface area (Å²) in [5, 5.41) is 10.3. The van der Waals surface area contributed by atoms with Crippen LogP contribution in [0.5, 0.6) is 5.75 Å². The van der Waals surface area contributed by atoms with Crippen LogP contribution in [0.4, 0.5) is 0 Å². The molecule has 0 saturated heterocycles. The Balaban J connectivity index is 2.32. The molecule has 0 heterocycles. The van der Waals surface area contributed by atoms with Gasteiger partial charge in [-0.05, 0) is 24.7 Å². The van der Waals surface area contributed by atoms with Crippen molar-refractivity contribution < 1.29 is 5.11 Å². The highest BCUT2D eigenvalue weighted by Gasteiger charge is 2.12. The van der Waals surface area contributed by atoms with E-state index in [1.54, 1.807) is 6.07 Å². The van der Waals surface area contributed by atoms with Crippen LogP contribution >= 0.6 is 11.8 Å². The first-order valence-corrected chi connectivity index (χ1v) is 8.24. The van der Waals surface area contributed by atoms with Gasteiger partial charge < -0.3 is 5.11 Å². The summed E-state index contributed by atoms with van der Waals surface area (Å²) in [4.78, 5) is 0. The van der Waals surface area contributed by atoms with E-state index in [0.717, 1.165) is 12.0 Å². The Bertz CT molecular complexity index is 325. The van der Waals surface area contributed by atoms with Crippen LogP contribution < -0.4 is 0 Å². The predicted molar refractivity (Wildman–Crippen MR) is 82.4 cm³/mol. The minimum atomic E-state index is 0.442. The molecule has 0 radical (unpaired) electrons. The average Bonchev–Trinajstić information content (AvgIpc) is 2.39. The van der Waals surface area contributed by atoms with E-state index in [9.17, 15) is 5.11 Å². The minimum absolute atomic E-state index is 0.442. The molecule has 0 amide bonds. The molecule has 0 spiro atoms. The molecular formula is C16H26OS. The Kier molecular flexibility index (Phi) is 7.99. The fourth-order valence-electron chi connectivity index (χ4n) is 2.12. The van der Waals surface area contributed by atoms with E-state index in [-0.39, 0.29) is 0 Å². The van der Waals surface area contributed by atoms with Gasteiger partial charge in [0.2, 0.25) is 0 Å². The van der Waals surface area contributed by atoms with Gasteiger partial charge in [-0.2, -0.15) is 11.8 Å². The molecule has 1 nitrogen and oxygen atoms in total. The van der Waals surface area contributed by atoms with E-state index >= 15 is 0 Å². The fourth-order valence-corrected chi connectivity index (χ4v) is 3.39. The molecule has 1 aromatic rings. The molecule has 0 aliphatic rings. The Morgan fingerprint density at radius 1 is 1.06 bits per heavy atom. The third-order valence-corrected chi connectivity index (χ3v) is 4.74. The van der Waals surface area contributed by atoms with E-state index in [2.05, 4.69) is 13.8 Å². The molecule has 2 heteroatoms. The fraction of sp³-hybridized carbons (Fsp3) is 0.625. The van der Waals surface area contributed by atoms with Crippen molar-refractivity contribution in [2.24, 2.45) is 0 Å². The molecule has 1 N–H and O–H groups in total. The van der Waals surface area contributed by atoms with E-state index in [1.165, 1.54) is 37.9 Å². The second-order valence-electron chi connectivity index (χ2n) is 4.74. The van der Waals surface area contributed by atoms with Crippen LogP contribution in [0.25, 0.3) is 0 Å². The molecule has 1 rings (SSSR count). The molecule has 1 aromatic carbocycles. The van der Waals surface area contributed by atoms with Crippen molar-refractivity contribution in [1.29, 1.82) is 0 Å². The second-order valence-corrected chi connectivity index (χ2v) is 6.05. The van der Waals surface area contributed by atoms with Crippen LogP contribution in [-0.4, -0.2) is 10.9 Å². The van der Waals surface area contributed by atoms with E-state index < -0.39 is 0 Å². The van der Waals surface area contributed by atoms with Crippen LogP contribution in [0.15, 0.2) is 24.3 Å². The van der Waals surface area contributed by atoms with Crippen molar-refractivity contribution in [2.45, 2.75) is 57.6 Å². The monoisotopic (exact) mass is 266 g/mol. The molecule has 0 aliphatic heterocycles. The molecular weight excluding hydrogens is 240 g/mol. The lowest BCUT2D eigenvalue weighted by atomic mass is 10.1. The Labute approximate surface area is 116 Å². The third kappa shape index (κ3) is 5.34. The average molecular weight is 266 g/mol. The molecule has 1 atom stereocenters. The van der Waals surface area contributed by atoms with Gasteiger partial charge in [0, 0.05) is 10.8 Å². The molecule has 0 fully saturated rings. The normalized spacial score (nSPS) is 12.6. The summed E-state index contributed by atoms with van der Waals surface area (Å²) < 4.78 is 0. The quantitative estimate of drug-likeness (QED) is 0.592. The molecule has 0 aliphatic carbocycles. The zero-order valence-electron chi connectivity index (χ0n) is 11.7. The van der Waals surface area contributed by atoms with Gasteiger partial charge in [0.1, 0.15) is 5.75 Å². The summed E-state index contributed by atoms with van der Waals surface area (Å²) in [5.74, 6) is 1.65. The van der Waals surface area contributed by atoms with Crippen molar-refractivity contribution >= 4 is 11.8 Å². The Hall–Kier alpha value is -0.630. The van der Waals surface area contributed by atoms with E-state index in [1.807, 2.05) is 30.0 Å². The summed E-state index contributed by atoms with van der Waals surface area (Å²) in [6.07, 6.45) is 7.76. The molecule has 0 aromatic heterocycles. The van der Waals surface area contributed by atoms with Gasteiger partial charge in [-0.3, -0.25) is 0 Å². The van der Waals surface area contributed by atoms with Gasteiger partial charge in [0.15, 0.2) is 0 Å². The van der Waals surface area contributed by atoms with Crippen molar-refractivity contribution in [1.82, 2.24) is 0 Å². The van der Waals surface area contributed by atoms with E-state index in [4.69, 9.17) is 0 Å². The van der Waals surface area contributed by atoms with Gasteiger partial charge in [-0.25, -0.2) is 0 Å². The standard InChI is InChI=1S/C16H26OS/c1-3-5-6-7-10-13-18-16(4-2)14-11-8-9-12-15(14)17/h8-9,11-12,16-17H,3-7,10,13H2,1-2H3. The Morgan fingerprint density at radius 3 is 2.44 bits per heavy atom.